The summed E-state index contributed by atoms with van der Waals surface area (Å²) in [6, 6.07) is 0.593. The van der Waals surface area contributed by atoms with Gasteiger partial charge in [-0.15, -0.1) is 0 Å². The van der Waals surface area contributed by atoms with Gasteiger partial charge in [0.25, 0.3) is 0 Å². The van der Waals surface area contributed by atoms with E-state index >= 15 is 0 Å². The summed E-state index contributed by atoms with van der Waals surface area (Å²) in [6.07, 6.45) is 8.01. The van der Waals surface area contributed by atoms with Crippen LogP contribution in [-0.4, -0.2) is 24.9 Å². The highest BCUT2D eigenvalue weighted by Gasteiger charge is 2.04. The Morgan fingerprint density at radius 3 is 2.19 bits per heavy atom. The third kappa shape index (κ3) is 8.26. The minimum Gasteiger partial charge on any atom is -0.356 e. The molecule has 0 aliphatic heterocycles. The molecule has 0 aromatic rings. The fourth-order valence-corrected chi connectivity index (χ4v) is 1.72. The maximum Gasteiger partial charge on any atom is 0.207 e. The smallest absolute Gasteiger partial charge is 0.207 e. The van der Waals surface area contributed by atoms with Crippen molar-refractivity contribution in [2.24, 2.45) is 0 Å². The summed E-state index contributed by atoms with van der Waals surface area (Å²) in [7, 11) is 0. The predicted octanol–water partition coefficient (Wildman–Crippen LogP) is 1.60. The molecule has 0 aliphatic rings. The van der Waals surface area contributed by atoms with Crippen molar-refractivity contribution in [3.8, 4) is 0 Å². The summed E-state index contributed by atoms with van der Waals surface area (Å²) in [5.74, 6) is 0. The molecule has 0 fully saturated rings. The molecule has 0 aromatic heterocycles. The topological polar surface area (TPSA) is 58.2 Å². The van der Waals surface area contributed by atoms with E-state index in [1.807, 2.05) is 6.92 Å². The van der Waals surface area contributed by atoms with Crippen LogP contribution in [0.15, 0.2) is 0 Å². The Kier molecular flexibility index (Phi) is 9.76. The van der Waals surface area contributed by atoms with Crippen LogP contribution in [0.25, 0.3) is 0 Å². The number of unbranched alkanes of at least 4 members (excludes halogenated alkanes) is 2. The summed E-state index contributed by atoms with van der Waals surface area (Å²) < 4.78 is 0. The van der Waals surface area contributed by atoms with Crippen molar-refractivity contribution >= 4 is 12.8 Å². The molecule has 0 saturated carbocycles. The fourth-order valence-electron chi connectivity index (χ4n) is 1.72. The van der Waals surface area contributed by atoms with Crippen molar-refractivity contribution < 1.29 is 9.59 Å². The van der Waals surface area contributed by atoms with Crippen LogP contribution in [0.3, 0.4) is 0 Å². The summed E-state index contributed by atoms with van der Waals surface area (Å²) in [5, 5.41) is 5.55. The van der Waals surface area contributed by atoms with Crippen LogP contribution >= 0.6 is 0 Å². The standard InChI is InChI=1S/C12H24N2O2/c1-3-12(14-10-16)8-6-4-5-7-11(2)13-9-15/h9-12H,3-8H2,1-2H3,(H,13,15)(H,14,16). The molecule has 0 radical (unpaired) electrons. The van der Waals surface area contributed by atoms with Crippen LogP contribution in [0, 0.1) is 0 Å². The van der Waals surface area contributed by atoms with Crippen molar-refractivity contribution in [3.63, 3.8) is 0 Å². The first-order chi connectivity index (χ1) is 7.74. The van der Waals surface area contributed by atoms with E-state index in [1.54, 1.807) is 0 Å². The van der Waals surface area contributed by atoms with Gasteiger partial charge in [-0.25, -0.2) is 0 Å². The lowest BCUT2D eigenvalue weighted by Gasteiger charge is -2.13. The summed E-state index contributed by atoms with van der Waals surface area (Å²) in [4.78, 5) is 20.4. The van der Waals surface area contributed by atoms with Gasteiger partial charge >= 0.3 is 0 Å². The first-order valence-electron chi connectivity index (χ1n) is 6.14. The van der Waals surface area contributed by atoms with Crippen LogP contribution in [0.5, 0.6) is 0 Å². The Labute approximate surface area is 98.2 Å². The lowest BCUT2D eigenvalue weighted by atomic mass is 10.0. The molecule has 0 rings (SSSR count). The average molecular weight is 228 g/mol. The summed E-state index contributed by atoms with van der Waals surface area (Å²) >= 11 is 0. The van der Waals surface area contributed by atoms with Gasteiger partial charge in [-0.1, -0.05) is 26.2 Å². The molecule has 16 heavy (non-hydrogen) atoms. The minimum atomic E-state index is 0.271. The van der Waals surface area contributed by atoms with Crippen molar-refractivity contribution in [1.29, 1.82) is 0 Å². The average Bonchev–Trinajstić information content (AvgIpc) is 2.27. The molecule has 94 valence electrons. The normalized spacial score (nSPS) is 13.9. The quantitative estimate of drug-likeness (QED) is 0.417. The van der Waals surface area contributed by atoms with Gasteiger partial charge in [-0.3, -0.25) is 9.59 Å². The zero-order chi connectivity index (χ0) is 12.2. The minimum absolute atomic E-state index is 0.271. The van der Waals surface area contributed by atoms with Crippen LogP contribution in [0.4, 0.5) is 0 Å². The van der Waals surface area contributed by atoms with Gasteiger partial charge in [0.15, 0.2) is 0 Å². The first-order valence-corrected chi connectivity index (χ1v) is 6.14. The molecule has 2 atom stereocenters. The molecule has 0 spiro atoms. The predicted molar refractivity (Wildman–Crippen MR) is 65.0 cm³/mol. The maximum absolute atomic E-state index is 10.3. The molecule has 0 aromatic carbocycles. The summed E-state index contributed by atoms with van der Waals surface area (Å²) in [5.41, 5.74) is 0. The number of amides is 2. The van der Waals surface area contributed by atoms with E-state index in [0.29, 0.717) is 6.04 Å². The third-order valence-corrected chi connectivity index (χ3v) is 2.84. The van der Waals surface area contributed by atoms with Gasteiger partial charge in [0.05, 0.1) is 0 Å². The second-order valence-corrected chi connectivity index (χ2v) is 4.21. The van der Waals surface area contributed by atoms with E-state index in [9.17, 15) is 9.59 Å². The molecular weight excluding hydrogens is 204 g/mol. The van der Waals surface area contributed by atoms with Gasteiger partial charge in [-0.2, -0.15) is 0 Å². The Morgan fingerprint density at radius 1 is 1.00 bits per heavy atom. The van der Waals surface area contributed by atoms with Gasteiger partial charge in [0.2, 0.25) is 12.8 Å². The monoisotopic (exact) mass is 228 g/mol. The van der Waals surface area contributed by atoms with Crippen LogP contribution in [-0.2, 0) is 9.59 Å². The Bertz CT molecular complexity index is 186. The number of rotatable bonds is 11. The number of carbonyl (C=O) groups excluding carboxylic acids is 2. The molecule has 2 N–H and O–H groups in total. The van der Waals surface area contributed by atoms with Gasteiger partial charge < -0.3 is 10.6 Å². The second kappa shape index (κ2) is 10.5. The van der Waals surface area contributed by atoms with Crippen molar-refractivity contribution in [3.05, 3.63) is 0 Å². The first kappa shape index (κ1) is 14.9. The fraction of sp³-hybridized carbons (Fsp3) is 0.833. The lowest BCUT2D eigenvalue weighted by molar-refractivity contribution is -0.110. The molecule has 0 heterocycles. The van der Waals surface area contributed by atoms with Crippen LogP contribution in [0.2, 0.25) is 0 Å². The number of carbonyl (C=O) groups is 2. The highest BCUT2D eigenvalue weighted by Crippen LogP contribution is 2.08. The third-order valence-electron chi connectivity index (χ3n) is 2.84. The zero-order valence-electron chi connectivity index (χ0n) is 10.4. The van der Waals surface area contributed by atoms with Crippen molar-refractivity contribution in [1.82, 2.24) is 10.6 Å². The number of hydrogen-bond acceptors (Lipinski definition) is 2. The molecule has 0 bridgehead atoms. The largest absolute Gasteiger partial charge is 0.356 e. The molecule has 2 amide bonds. The molecular formula is C12H24N2O2. The van der Waals surface area contributed by atoms with Gasteiger partial charge in [0, 0.05) is 12.1 Å². The van der Waals surface area contributed by atoms with Crippen LogP contribution in [0.1, 0.15) is 52.4 Å². The van der Waals surface area contributed by atoms with E-state index in [2.05, 4.69) is 17.6 Å². The van der Waals surface area contributed by atoms with Gasteiger partial charge in [-0.05, 0) is 26.2 Å². The Balaban J connectivity index is 3.37. The van der Waals surface area contributed by atoms with Gasteiger partial charge in [0.1, 0.15) is 0 Å². The molecule has 2 unspecified atom stereocenters. The van der Waals surface area contributed by atoms with E-state index in [1.165, 1.54) is 0 Å². The number of nitrogens with one attached hydrogen (secondary N) is 2. The maximum atomic E-state index is 10.3. The zero-order valence-corrected chi connectivity index (χ0v) is 10.4. The molecule has 4 heteroatoms. The molecule has 4 nitrogen and oxygen atoms in total. The van der Waals surface area contributed by atoms with Crippen LogP contribution < -0.4 is 10.6 Å². The van der Waals surface area contributed by atoms with Crippen molar-refractivity contribution in [2.45, 2.75) is 64.5 Å². The molecule has 0 aliphatic carbocycles. The molecule has 0 saturated heterocycles. The SMILES string of the molecule is CCC(CCCCCC(C)NC=O)NC=O. The van der Waals surface area contributed by atoms with E-state index in [-0.39, 0.29) is 6.04 Å². The lowest BCUT2D eigenvalue weighted by Crippen LogP contribution is -2.26. The number of hydrogen-bond donors (Lipinski definition) is 2. The Morgan fingerprint density at radius 2 is 1.62 bits per heavy atom. The van der Waals surface area contributed by atoms with E-state index in [4.69, 9.17) is 0 Å². The second-order valence-electron chi connectivity index (χ2n) is 4.21. The van der Waals surface area contributed by atoms with E-state index in [0.717, 1.165) is 51.3 Å². The summed E-state index contributed by atoms with van der Waals surface area (Å²) in [6.45, 7) is 4.09. The van der Waals surface area contributed by atoms with Crippen molar-refractivity contribution in [2.75, 3.05) is 0 Å². The highest BCUT2D eigenvalue weighted by molar-refractivity contribution is 5.46. The van der Waals surface area contributed by atoms with E-state index < -0.39 is 0 Å². The highest BCUT2D eigenvalue weighted by atomic mass is 16.1. The Hall–Kier alpha value is -1.06.